The number of benzene rings is 1. The van der Waals surface area contributed by atoms with Crippen molar-refractivity contribution in [2.24, 2.45) is 0 Å². The third-order valence-corrected chi connectivity index (χ3v) is 3.57. The van der Waals surface area contributed by atoms with Gasteiger partial charge in [0.25, 0.3) is 5.91 Å². The Bertz CT molecular complexity index is 507. The van der Waals surface area contributed by atoms with Crippen LogP contribution in [0, 0.1) is 0 Å². The number of thiol groups is 1. The zero-order valence-electron chi connectivity index (χ0n) is 11.3. The smallest absolute Gasteiger partial charge is 0.255 e. The van der Waals surface area contributed by atoms with Crippen LogP contribution < -0.4 is 5.32 Å². The fraction of sp³-hybridized carbons (Fsp3) is 0.429. The molecule has 1 aliphatic heterocycles. The number of carbonyl (C=O) groups is 2. The summed E-state index contributed by atoms with van der Waals surface area (Å²) in [5.41, 5.74) is 0.507. The fourth-order valence-electron chi connectivity index (χ4n) is 2.17. The molecule has 2 rings (SSSR count). The average Bonchev–Trinajstić information content (AvgIpc) is 2.47. The van der Waals surface area contributed by atoms with Gasteiger partial charge in [-0.2, -0.15) is 0 Å². The number of ether oxygens (including phenoxy) is 1. The Labute approximate surface area is 123 Å². The predicted molar refractivity (Wildman–Crippen MR) is 78.0 cm³/mol. The number of carbonyl (C=O) groups excluding carboxylic acids is 2. The third kappa shape index (κ3) is 3.13. The lowest BCUT2D eigenvalue weighted by Crippen LogP contribution is -2.55. The monoisotopic (exact) mass is 294 g/mol. The molecular weight excluding hydrogens is 276 g/mol. The molecule has 1 fully saturated rings. The van der Waals surface area contributed by atoms with Gasteiger partial charge in [-0.1, -0.05) is 12.1 Å². The second-order valence-corrected chi connectivity index (χ2v) is 4.98. The van der Waals surface area contributed by atoms with E-state index in [1.807, 2.05) is 13.0 Å². The second-order valence-electron chi connectivity index (χ2n) is 4.50. The van der Waals surface area contributed by atoms with Gasteiger partial charge < -0.3 is 15.0 Å². The van der Waals surface area contributed by atoms with Gasteiger partial charge in [-0.05, 0) is 19.1 Å². The summed E-state index contributed by atoms with van der Waals surface area (Å²) in [5.74, 6) is -0.368. The van der Waals surface area contributed by atoms with E-state index in [0.29, 0.717) is 30.2 Å². The molecule has 0 saturated carbocycles. The predicted octanol–water partition coefficient (Wildman–Crippen LogP) is 0.952. The van der Waals surface area contributed by atoms with Crippen molar-refractivity contribution in [1.29, 1.82) is 0 Å². The maximum absolute atomic E-state index is 12.6. The van der Waals surface area contributed by atoms with Crippen LogP contribution in [0.5, 0.6) is 0 Å². The van der Waals surface area contributed by atoms with Gasteiger partial charge in [0.2, 0.25) is 5.91 Å². The number of amides is 2. The molecule has 0 spiro atoms. The number of hydrogen-bond donors (Lipinski definition) is 2. The number of nitrogens with one attached hydrogen (secondary N) is 1. The minimum Gasteiger partial charge on any atom is -0.377 e. The average molecular weight is 294 g/mol. The van der Waals surface area contributed by atoms with Crippen LogP contribution in [-0.2, 0) is 9.53 Å². The number of rotatable bonds is 3. The normalized spacial score (nSPS) is 18.7. The van der Waals surface area contributed by atoms with Crippen LogP contribution in [0.15, 0.2) is 29.2 Å². The van der Waals surface area contributed by atoms with E-state index in [2.05, 4.69) is 17.9 Å². The zero-order valence-corrected chi connectivity index (χ0v) is 12.2. The highest BCUT2D eigenvalue weighted by Gasteiger charge is 2.33. The topological polar surface area (TPSA) is 58.6 Å². The van der Waals surface area contributed by atoms with Crippen molar-refractivity contribution in [3.05, 3.63) is 29.8 Å². The third-order valence-electron chi connectivity index (χ3n) is 3.18. The Morgan fingerprint density at radius 2 is 2.20 bits per heavy atom. The molecular formula is C14H18N2O3S. The summed E-state index contributed by atoms with van der Waals surface area (Å²) in [5, 5.41) is 2.73. The molecule has 6 heteroatoms. The number of hydrogen-bond acceptors (Lipinski definition) is 4. The van der Waals surface area contributed by atoms with E-state index < -0.39 is 6.04 Å². The van der Waals surface area contributed by atoms with E-state index in [4.69, 9.17) is 4.74 Å². The Hall–Kier alpha value is -1.53. The van der Waals surface area contributed by atoms with Gasteiger partial charge in [0.15, 0.2) is 0 Å². The number of likely N-dealkylation sites (N-methyl/N-ethyl adjacent to an activating group) is 1. The van der Waals surface area contributed by atoms with E-state index in [0.717, 1.165) is 0 Å². The molecule has 5 nitrogen and oxygen atoms in total. The Morgan fingerprint density at radius 3 is 2.90 bits per heavy atom. The summed E-state index contributed by atoms with van der Waals surface area (Å²) in [6, 6.07) is 6.50. The van der Waals surface area contributed by atoms with Crippen LogP contribution in [0.2, 0.25) is 0 Å². The molecule has 1 heterocycles. The molecule has 2 amide bonds. The first-order chi connectivity index (χ1) is 9.65. The standard InChI is InChI=1S/C14H18N2O3S/c1-2-15-13(17)11-9-19-8-7-16(11)14(18)10-5-3-4-6-12(10)20/h3-6,11,20H,2,7-9H2,1H3,(H,15,17). The molecule has 1 aliphatic rings. The summed E-state index contributed by atoms with van der Waals surface area (Å²) in [4.78, 5) is 26.8. The minimum absolute atomic E-state index is 0.183. The molecule has 1 N–H and O–H groups in total. The Balaban J connectivity index is 2.22. The number of morpholine rings is 1. The minimum atomic E-state index is -0.580. The van der Waals surface area contributed by atoms with Crippen molar-refractivity contribution in [2.45, 2.75) is 17.9 Å². The van der Waals surface area contributed by atoms with Crippen LogP contribution in [0.3, 0.4) is 0 Å². The van der Waals surface area contributed by atoms with Crippen LogP contribution in [0.4, 0.5) is 0 Å². The van der Waals surface area contributed by atoms with Crippen LogP contribution in [0.1, 0.15) is 17.3 Å². The van der Waals surface area contributed by atoms with Crippen LogP contribution >= 0.6 is 12.6 Å². The van der Waals surface area contributed by atoms with Crippen LogP contribution in [-0.4, -0.2) is 49.1 Å². The van der Waals surface area contributed by atoms with E-state index >= 15 is 0 Å². The van der Waals surface area contributed by atoms with Gasteiger partial charge in [0.05, 0.1) is 18.8 Å². The van der Waals surface area contributed by atoms with Gasteiger partial charge in [-0.15, -0.1) is 12.6 Å². The maximum atomic E-state index is 12.6. The highest BCUT2D eigenvalue weighted by molar-refractivity contribution is 7.80. The summed E-state index contributed by atoms with van der Waals surface area (Å²) in [7, 11) is 0. The summed E-state index contributed by atoms with van der Waals surface area (Å²) >= 11 is 4.30. The Kier molecular flexibility index (Phi) is 5.03. The second kappa shape index (κ2) is 6.76. The van der Waals surface area contributed by atoms with E-state index in [9.17, 15) is 9.59 Å². The van der Waals surface area contributed by atoms with Crippen molar-refractivity contribution in [2.75, 3.05) is 26.3 Å². The van der Waals surface area contributed by atoms with Crippen LogP contribution in [0.25, 0.3) is 0 Å². The van der Waals surface area contributed by atoms with Crippen molar-refractivity contribution in [3.8, 4) is 0 Å². The fourth-order valence-corrected chi connectivity index (χ4v) is 2.42. The molecule has 1 saturated heterocycles. The summed E-state index contributed by atoms with van der Waals surface area (Å²) in [6.45, 7) is 3.45. The molecule has 1 aromatic carbocycles. The quantitative estimate of drug-likeness (QED) is 0.816. The van der Waals surface area contributed by atoms with Gasteiger partial charge in [0, 0.05) is 18.0 Å². The molecule has 1 atom stereocenters. The Morgan fingerprint density at radius 1 is 1.45 bits per heavy atom. The lowest BCUT2D eigenvalue weighted by atomic mass is 10.1. The lowest BCUT2D eigenvalue weighted by molar-refractivity contribution is -0.130. The van der Waals surface area contributed by atoms with E-state index in [-0.39, 0.29) is 18.4 Å². The zero-order chi connectivity index (χ0) is 14.5. The summed E-state index contributed by atoms with van der Waals surface area (Å²) in [6.07, 6.45) is 0. The maximum Gasteiger partial charge on any atom is 0.255 e. The van der Waals surface area contributed by atoms with E-state index in [1.54, 1.807) is 23.1 Å². The van der Waals surface area contributed by atoms with Gasteiger partial charge in [-0.25, -0.2) is 0 Å². The molecule has 20 heavy (non-hydrogen) atoms. The van der Waals surface area contributed by atoms with Crippen molar-refractivity contribution in [1.82, 2.24) is 10.2 Å². The molecule has 108 valence electrons. The SMILES string of the molecule is CCNC(=O)C1COCCN1C(=O)c1ccccc1S. The molecule has 0 aliphatic carbocycles. The van der Waals surface area contributed by atoms with E-state index in [1.165, 1.54) is 0 Å². The van der Waals surface area contributed by atoms with Gasteiger partial charge in [0.1, 0.15) is 6.04 Å². The molecule has 0 aromatic heterocycles. The first-order valence-corrected chi connectivity index (χ1v) is 7.04. The van der Waals surface area contributed by atoms with Crippen molar-refractivity contribution >= 4 is 24.4 Å². The van der Waals surface area contributed by atoms with Crippen molar-refractivity contribution < 1.29 is 14.3 Å². The number of nitrogens with zero attached hydrogens (tertiary/aromatic N) is 1. The largest absolute Gasteiger partial charge is 0.377 e. The molecule has 0 radical (unpaired) electrons. The summed E-state index contributed by atoms with van der Waals surface area (Å²) < 4.78 is 5.32. The molecule has 0 bridgehead atoms. The first kappa shape index (κ1) is 14.9. The highest BCUT2D eigenvalue weighted by atomic mass is 32.1. The van der Waals surface area contributed by atoms with Gasteiger partial charge >= 0.3 is 0 Å². The van der Waals surface area contributed by atoms with Gasteiger partial charge in [-0.3, -0.25) is 9.59 Å². The highest BCUT2D eigenvalue weighted by Crippen LogP contribution is 2.18. The lowest BCUT2D eigenvalue weighted by Gasteiger charge is -2.34. The van der Waals surface area contributed by atoms with Crippen molar-refractivity contribution in [3.63, 3.8) is 0 Å². The first-order valence-electron chi connectivity index (χ1n) is 6.59. The molecule has 1 aromatic rings. The molecule has 1 unspecified atom stereocenters.